The van der Waals surface area contributed by atoms with Gasteiger partial charge >= 0.3 is 0 Å². The number of hydrogen-bond donors (Lipinski definition) is 2. The highest BCUT2D eigenvalue weighted by Gasteiger charge is 2.35. The average Bonchev–Trinajstić information content (AvgIpc) is 2.66. The average molecular weight is 203 g/mol. The van der Waals surface area contributed by atoms with Gasteiger partial charge in [-0.25, -0.2) is 0 Å². The van der Waals surface area contributed by atoms with Crippen molar-refractivity contribution in [2.24, 2.45) is 5.41 Å². The zero-order valence-electron chi connectivity index (χ0n) is 8.91. The van der Waals surface area contributed by atoms with Gasteiger partial charge in [0, 0.05) is 25.1 Å². The molecule has 0 aliphatic carbocycles. The molecule has 0 bridgehead atoms. The topological polar surface area (TPSA) is 52.9 Å². The van der Waals surface area contributed by atoms with Gasteiger partial charge in [-0.2, -0.15) is 0 Å². The molecule has 84 valence electrons. The Labute approximate surface area is 85.5 Å². The zero-order valence-corrected chi connectivity index (χ0v) is 8.91. The Hall–Kier alpha value is -0.160. The third-order valence-corrected chi connectivity index (χ3v) is 2.94. The van der Waals surface area contributed by atoms with Crippen molar-refractivity contribution >= 4 is 0 Å². The van der Waals surface area contributed by atoms with E-state index in [1.54, 1.807) is 0 Å². The Balaban J connectivity index is 2.44. The Morgan fingerprint density at radius 2 is 2.21 bits per heavy atom. The summed E-state index contributed by atoms with van der Waals surface area (Å²) < 4.78 is 5.33. The summed E-state index contributed by atoms with van der Waals surface area (Å²) in [5, 5.41) is 18.2. The molecule has 4 heteroatoms. The van der Waals surface area contributed by atoms with E-state index >= 15 is 0 Å². The van der Waals surface area contributed by atoms with Crippen LogP contribution in [-0.2, 0) is 4.74 Å². The van der Waals surface area contributed by atoms with Crippen LogP contribution in [0.5, 0.6) is 0 Å². The van der Waals surface area contributed by atoms with E-state index in [9.17, 15) is 5.11 Å². The van der Waals surface area contributed by atoms with Crippen LogP contribution in [0.1, 0.15) is 13.3 Å². The predicted octanol–water partition coefficient (Wildman–Crippen LogP) is -0.300. The number of rotatable bonds is 6. The Kier molecular flexibility index (Phi) is 4.81. The molecule has 14 heavy (non-hydrogen) atoms. The largest absolute Gasteiger partial charge is 0.396 e. The first-order valence-electron chi connectivity index (χ1n) is 5.28. The third-order valence-electron chi connectivity index (χ3n) is 2.94. The maximum atomic E-state index is 9.36. The second-order valence-electron chi connectivity index (χ2n) is 4.05. The van der Waals surface area contributed by atoms with E-state index in [0.29, 0.717) is 13.2 Å². The van der Waals surface area contributed by atoms with Crippen LogP contribution in [0.3, 0.4) is 0 Å². The van der Waals surface area contributed by atoms with Crippen LogP contribution in [-0.4, -0.2) is 61.2 Å². The molecule has 1 rings (SSSR count). The van der Waals surface area contributed by atoms with E-state index in [4.69, 9.17) is 9.84 Å². The summed E-state index contributed by atoms with van der Waals surface area (Å²) in [6.07, 6.45) is 0.922. The molecule has 0 spiro atoms. The van der Waals surface area contributed by atoms with E-state index in [0.717, 1.165) is 26.1 Å². The van der Waals surface area contributed by atoms with E-state index in [-0.39, 0.29) is 18.6 Å². The quantitative estimate of drug-likeness (QED) is 0.622. The molecular weight excluding hydrogens is 182 g/mol. The molecule has 0 aromatic carbocycles. The van der Waals surface area contributed by atoms with Gasteiger partial charge in [0.2, 0.25) is 0 Å². The molecule has 1 heterocycles. The van der Waals surface area contributed by atoms with Crippen molar-refractivity contribution in [3.8, 4) is 0 Å². The SMILES string of the molecule is CCN(CCO)CC1(CO)CCOC1. The molecular formula is C10H21NO3. The fourth-order valence-corrected chi connectivity index (χ4v) is 1.91. The lowest BCUT2D eigenvalue weighted by atomic mass is 9.87. The summed E-state index contributed by atoms with van der Waals surface area (Å²) in [5.41, 5.74) is -0.0921. The van der Waals surface area contributed by atoms with Gasteiger partial charge in [-0.05, 0) is 13.0 Å². The van der Waals surface area contributed by atoms with Crippen molar-refractivity contribution in [1.82, 2.24) is 4.90 Å². The van der Waals surface area contributed by atoms with Crippen molar-refractivity contribution in [3.63, 3.8) is 0 Å². The van der Waals surface area contributed by atoms with Gasteiger partial charge in [-0.15, -0.1) is 0 Å². The van der Waals surface area contributed by atoms with Crippen LogP contribution in [0.25, 0.3) is 0 Å². The molecule has 0 aromatic rings. The maximum absolute atomic E-state index is 9.36. The van der Waals surface area contributed by atoms with Crippen molar-refractivity contribution in [2.45, 2.75) is 13.3 Å². The summed E-state index contributed by atoms with van der Waals surface area (Å²) in [6, 6.07) is 0. The Bertz CT molecular complexity index is 157. The number of aliphatic hydroxyl groups is 2. The maximum Gasteiger partial charge on any atom is 0.0558 e. The van der Waals surface area contributed by atoms with Crippen LogP contribution in [0, 0.1) is 5.41 Å². The van der Waals surface area contributed by atoms with Gasteiger partial charge in [0.05, 0.1) is 19.8 Å². The van der Waals surface area contributed by atoms with Crippen molar-refractivity contribution < 1.29 is 14.9 Å². The van der Waals surface area contributed by atoms with Crippen LogP contribution in [0.4, 0.5) is 0 Å². The minimum absolute atomic E-state index is 0.0921. The normalized spacial score (nSPS) is 27.4. The lowest BCUT2D eigenvalue weighted by molar-refractivity contribution is 0.0527. The first-order valence-corrected chi connectivity index (χ1v) is 5.28. The molecule has 0 radical (unpaired) electrons. The predicted molar refractivity (Wildman–Crippen MR) is 54.2 cm³/mol. The summed E-state index contributed by atoms with van der Waals surface area (Å²) in [4.78, 5) is 2.16. The number of aliphatic hydroxyl groups excluding tert-OH is 2. The zero-order chi connectivity index (χ0) is 10.4. The number of likely N-dealkylation sites (N-methyl/N-ethyl adjacent to an activating group) is 1. The highest BCUT2D eigenvalue weighted by atomic mass is 16.5. The summed E-state index contributed by atoms with van der Waals surface area (Å²) in [5.74, 6) is 0. The first-order chi connectivity index (χ1) is 6.76. The second-order valence-corrected chi connectivity index (χ2v) is 4.05. The fraction of sp³-hybridized carbons (Fsp3) is 1.00. The van der Waals surface area contributed by atoms with Crippen molar-refractivity contribution in [2.75, 3.05) is 46.1 Å². The van der Waals surface area contributed by atoms with Gasteiger partial charge in [0.25, 0.3) is 0 Å². The molecule has 1 atom stereocenters. The molecule has 1 aliphatic rings. The van der Waals surface area contributed by atoms with E-state index < -0.39 is 0 Å². The highest BCUT2D eigenvalue weighted by Crippen LogP contribution is 2.28. The molecule has 4 nitrogen and oxygen atoms in total. The van der Waals surface area contributed by atoms with Gasteiger partial charge < -0.3 is 19.8 Å². The molecule has 1 aliphatic heterocycles. The lowest BCUT2D eigenvalue weighted by Crippen LogP contribution is -2.41. The number of ether oxygens (including phenoxy) is 1. The van der Waals surface area contributed by atoms with Crippen LogP contribution < -0.4 is 0 Å². The van der Waals surface area contributed by atoms with Crippen LogP contribution in [0.15, 0.2) is 0 Å². The molecule has 1 unspecified atom stereocenters. The summed E-state index contributed by atoms with van der Waals surface area (Å²) >= 11 is 0. The smallest absolute Gasteiger partial charge is 0.0558 e. The first kappa shape index (κ1) is 11.9. The molecule has 1 fully saturated rings. The Morgan fingerprint density at radius 3 is 2.64 bits per heavy atom. The molecule has 1 saturated heterocycles. The minimum Gasteiger partial charge on any atom is -0.396 e. The highest BCUT2D eigenvalue weighted by molar-refractivity contribution is 4.85. The molecule has 0 saturated carbocycles. The Morgan fingerprint density at radius 1 is 1.43 bits per heavy atom. The third kappa shape index (κ3) is 2.92. The van der Waals surface area contributed by atoms with Crippen LogP contribution in [0.2, 0.25) is 0 Å². The number of hydrogen-bond acceptors (Lipinski definition) is 4. The molecule has 0 aromatic heterocycles. The standard InChI is InChI=1S/C10H21NO3/c1-2-11(4-5-12)7-10(8-13)3-6-14-9-10/h12-13H,2-9H2,1H3. The number of nitrogens with zero attached hydrogens (tertiary/aromatic N) is 1. The van der Waals surface area contributed by atoms with Crippen molar-refractivity contribution in [3.05, 3.63) is 0 Å². The molecule has 2 N–H and O–H groups in total. The van der Waals surface area contributed by atoms with Gasteiger partial charge in [-0.1, -0.05) is 6.92 Å². The van der Waals surface area contributed by atoms with Gasteiger partial charge in [0.1, 0.15) is 0 Å². The van der Waals surface area contributed by atoms with Gasteiger partial charge in [-0.3, -0.25) is 0 Å². The monoisotopic (exact) mass is 203 g/mol. The minimum atomic E-state index is -0.0921. The van der Waals surface area contributed by atoms with Crippen molar-refractivity contribution in [1.29, 1.82) is 0 Å². The summed E-state index contributed by atoms with van der Waals surface area (Å²) in [7, 11) is 0. The summed E-state index contributed by atoms with van der Waals surface area (Å²) in [6.45, 7) is 6.21. The molecule has 0 amide bonds. The fourth-order valence-electron chi connectivity index (χ4n) is 1.91. The van der Waals surface area contributed by atoms with Crippen LogP contribution >= 0.6 is 0 Å². The van der Waals surface area contributed by atoms with E-state index in [1.807, 2.05) is 0 Å². The van der Waals surface area contributed by atoms with E-state index in [2.05, 4.69) is 11.8 Å². The van der Waals surface area contributed by atoms with Gasteiger partial charge in [0.15, 0.2) is 0 Å². The lowest BCUT2D eigenvalue weighted by Gasteiger charge is -2.31. The van der Waals surface area contributed by atoms with E-state index in [1.165, 1.54) is 0 Å². The second kappa shape index (κ2) is 5.66.